The van der Waals surface area contributed by atoms with E-state index < -0.39 is 11.9 Å². The van der Waals surface area contributed by atoms with E-state index in [1.54, 1.807) is 19.1 Å². The number of hydrogen-bond acceptors (Lipinski definition) is 4. The van der Waals surface area contributed by atoms with Crippen LogP contribution in [0, 0.1) is 6.92 Å². The van der Waals surface area contributed by atoms with E-state index in [-0.39, 0.29) is 24.6 Å². The molecule has 2 N–H and O–H groups in total. The first-order valence-electron chi connectivity index (χ1n) is 9.07. The summed E-state index contributed by atoms with van der Waals surface area (Å²) in [5.41, 5.74) is 7.87. The lowest BCUT2D eigenvalue weighted by Crippen LogP contribution is -2.52. The Balaban J connectivity index is 1.68. The predicted molar refractivity (Wildman–Crippen MR) is 104 cm³/mol. The lowest BCUT2D eigenvalue weighted by atomic mass is 9.93. The van der Waals surface area contributed by atoms with E-state index in [4.69, 9.17) is 5.73 Å². The number of fused-ring (bicyclic) bond motifs is 2. The number of amides is 2. The Labute approximate surface area is 161 Å². The molecule has 0 saturated carbocycles. The van der Waals surface area contributed by atoms with Crippen LogP contribution in [0.25, 0.3) is 10.8 Å². The second-order valence-corrected chi connectivity index (χ2v) is 7.01. The van der Waals surface area contributed by atoms with Crippen LogP contribution in [0.2, 0.25) is 0 Å². The van der Waals surface area contributed by atoms with Crippen molar-refractivity contribution < 1.29 is 9.59 Å². The number of carbonyl (C=O) groups is 2. The SMILES string of the molecule is Cc1nn(CC(=O)N2Cc3ccccc3C[C@H]2C(N)=O)c(=O)c2ccccc12. The van der Waals surface area contributed by atoms with E-state index in [1.165, 1.54) is 9.58 Å². The fourth-order valence-corrected chi connectivity index (χ4v) is 3.77. The van der Waals surface area contributed by atoms with Gasteiger partial charge in [-0.2, -0.15) is 5.10 Å². The molecule has 2 amide bonds. The van der Waals surface area contributed by atoms with Crippen LogP contribution >= 0.6 is 0 Å². The van der Waals surface area contributed by atoms with Gasteiger partial charge in [-0.1, -0.05) is 42.5 Å². The van der Waals surface area contributed by atoms with E-state index in [9.17, 15) is 14.4 Å². The average Bonchev–Trinajstić information content (AvgIpc) is 2.70. The topological polar surface area (TPSA) is 98.3 Å². The van der Waals surface area contributed by atoms with Crippen LogP contribution in [0.4, 0.5) is 0 Å². The van der Waals surface area contributed by atoms with E-state index in [0.717, 1.165) is 16.5 Å². The van der Waals surface area contributed by atoms with E-state index >= 15 is 0 Å². The van der Waals surface area contributed by atoms with Crippen LogP contribution in [-0.2, 0) is 29.1 Å². The summed E-state index contributed by atoms with van der Waals surface area (Å²) in [5.74, 6) is -0.916. The number of carbonyl (C=O) groups excluding carboxylic acids is 2. The number of aryl methyl sites for hydroxylation is 1. The Hall–Kier alpha value is -3.48. The minimum atomic E-state index is -0.736. The molecule has 1 atom stereocenters. The Morgan fingerprint density at radius 3 is 2.43 bits per heavy atom. The molecular formula is C21H20N4O3. The van der Waals surface area contributed by atoms with Gasteiger partial charge >= 0.3 is 0 Å². The number of primary amides is 1. The third kappa shape index (κ3) is 3.05. The summed E-state index contributed by atoms with van der Waals surface area (Å²) < 4.78 is 1.17. The first-order chi connectivity index (χ1) is 13.5. The molecule has 3 aromatic rings. The molecule has 0 aliphatic carbocycles. The molecule has 7 heteroatoms. The highest BCUT2D eigenvalue weighted by Gasteiger charge is 2.33. The largest absolute Gasteiger partial charge is 0.368 e. The van der Waals surface area contributed by atoms with Crippen LogP contribution in [0.15, 0.2) is 53.3 Å². The first kappa shape index (κ1) is 17.9. The zero-order valence-corrected chi connectivity index (χ0v) is 15.5. The smallest absolute Gasteiger partial charge is 0.275 e. The summed E-state index contributed by atoms with van der Waals surface area (Å²) in [7, 11) is 0. The van der Waals surface area contributed by atoms with Crippen molar-refractivity contribution in [2.75, 3.05) is 0 Å². The quantitative estimate of drug-likeness (QED) is 0.741. The molecule has 0 spiro atoms. The van der Waals surface area contributed by atoms with Crippen LogP contribution in [-0.4, -0.2) is 32.5 Å². The molecule has 0 unspecified atom stereocenters. The van der Waals surface area contributed by atoms with Crippen LogP contribution in [0.5, 0.6) is 0 Å². The fourth-order valence-electron chi connectivity index (χ4n) is 3.77. The second kappa shape index (κ2) is 6.92. The van der Waals surface area contributed by atoms with Gasteiger partial charge in [0.05, 0.1) is 11.1 Å². The van der Waals surface area contributed by atoms with Gasteiger partial charge < -0.3 is 10.6 Å². The van der Waals surface area contributed by atoms with Gasteiger partial charge in [0, 0.05) is 18.4 Å². The van der Waals surface area contributed by atoms with Crippen molar-refractivity contribution >= 4 is 22.6 Å². The molecule has 142 valence electrons. The maximum absolute atomic E-state index is 13.0. The van der Waals surface area contributed by atoms with Gasteiger partial charge in [0.2, 0.25) is 11.8 Å². The minimum Gasteiger partial charge on any atom is -0.368 e. The number of rotatable bonds is 3. The van der Waals surface area contributed by atoms with Crippen LogP contribution < -0.4 is 11.3 Å². The molecular weight excluding hydrogens is 356 g/mol. The van der Waals surface area contributed by atoms with Gasteiger partial charge in [0.15, 0.2) is 0 Å². The molecule has 0 bridgehead atoms. The molecule has 7 nitrogen and oxygen atoms in total. The molecule has 1 aliphatic rings. The first-order valence-corrected chi connectivity index (χ1v) is 9.07. The molecule has 1 aromatic heterocycles. The average molecular weight is 376 g/mol. The van der Waals surface area contributed by atoms with Crippen molar-refractivity contribution in [2.24, 2.45) is 5.73 Å². The highest BCUT2D eigenvalue weighted by Crippen LogP contribution is 2.23. The monoisotopic (exact) mass is 376 g/mol. The lowest BCUT2D eigenvalue weighted by molar-refractivity contribution is -0.141. The second-order valence-electron chi connectivity index (χ2n) is 7.01. The van der Waals surface area contributed by atoms with Crippen LogP contribution in [0.3, 0.4) is 0 Å². The number of nitrogens with zero attached hydrogens (tertiary/aromatic N) is 3. The number of nitrogens with two attached hydrogens (primary N) is 1. The normalized spacial score (nSPS) is 16.0. The highest BCUT2D eigenvalue weighted by atomic mass is 16.2. The van der Waals surface area contributed by atoms with Gasteiger partial charge in [-0.15, -0.1) is 0 Å². The van der Waals surface area contributed by atoms with Crippen molar-refractivity contribution in [3.05, 3.63) is 75.7 Å². The molecule has 0 saturated heterocycles. The molecule has 0 fully saturated rings. The maximum Gasteiger partial charge on any atom is 0.275 e. The predicted octanol–water partition coefficient (Wildman–Crippen LogP) is 1.14. The van der Waals surface area contributed by atoms with Crippen LogP contribution in [0.1, 0.15) is 16.8 Å². The molecule has 0 radical (unpaired) electrons. The van der Waals surface area contributed by atoms with E-state index in [2.05, 4.69) is 5.10 Å². The van der Waals surface area contributed by atoms with Crippen molar-refractivity contribution in [3.63, 3.8) is 0 Å². The zero-order valence-electron chi connectivity index (χ0n) is 15.5. The number of aromatic nitrogens is 2. The zero-order chi connectivity index (χ0) is 19.8. The standard InChI is InChI=1S/C21H20N4O3/c1-13-16-8-4-5-9-17(16)21(28)25(23-13)12-19(26)24-11-15-7-3-2-6-14(15)10-18(24)20(22)27/h2-9,18H,10-12H2,1H3,(H2,22,27)/t18-/m0/s1. The lowest BCUT2D eigenvalue weighted by Gasteiger charge is -2.35. The molecule has 2 aromatic carbocycles. The van der Waals surface area contributed by atoms with Crippen molar-refractivity contribution in [1.82, 2.24) is 14.7 Å². The maximum atomic E-state index is 13.0. The summed E-state index contributed by atoms with van der Waals surface area (Å²) in [4.78, 5) is 39.2. The van der Waals surface area contributed by atoms with E-state index in [0.29, 0.717) is 17.5 Å². The minimum absolute atomic E-state index is 0.240. The Morgan fingerprint density at radius 1 is 1.07 bits per heavy atom. The van der Waals surface area contributed by atoms with Crippen molar-refractivity contribution in [2.45, 2.75) is 32.5 Å². The third-order valence-electron chi connectivity index (χ3n) is 5.23. The van der Waals surface area contributed by atoms with Gasteiger partial charge in [-0.05, 0) is 24.1 Å². The summed E-state index contributed by atoms with van der Waals surface area (Å²) in [5, 5.41) is 5.56. The van der Waals surface area contributed by atoms with Gasteiger partial charge in [0.1, 0.15) is 12.6 Å². The summed E-state index contributed by atoms with van der Waals surface area (Å²) in [6.07, 6.45) is 0.371. The number of benzene rings is 2. The summed E-state index contributed by atoms with van der Waals surface area (Å²) in [6, 6.07) is 14.1. The van der Waals surface area contributed by atoms with Gasteiger partial charge in [-0.3, -0.25) is 14.4 Å². The fraction of sp³-hybridized carbons (Fsp3) is 0.238. The Morgan fingerprint density at radius 2 is 1.71 bits per heavy atom. The van der Waals surface area contributed by atoms with Gasteiger partial charge in [-0.25, -0.2) is 4.68 Å². The van der Waals surface area contributed by atoms with E-state index in [1.807, 2.05) is 36.4 Å². The van der Waals surface area contributed by atoms with Gasteiger partial charge in [0.25, 0.3) is 5.56 Å². The molecule has 2 heterocycles. The highest BCUT2D eigenvalue weighted by molar-refractivity contribution is 5.88. The summed E-state index contributed by atoms with van der Waals surface area (Å²) >= 11 is 0. The molecule has 28 heavy (non-hydrogen) atoms. The Bertz CT molecular complexity index is 1150. The van der Waals surface area contributed by atoms with Crippen molar-refractivity contribution in [3.8, 4) is 0 Å². The number of hydrogen-bond donors (Lipinski definition) is 1. The molecule has 1 aliphatic heterocycles. The Kier molecular flexibility index (Phi) is 4.43. The molecule has 4 rings (SSSR count). The third-order valence-corrected chi connectivity index (χ3v) is 5.23. The summed E-state index contributed by atoms with van der Waals surface area (Å²) in [6.45, 7) is 1.84. The van der Waals surface area contributed by atoms with Crippen molar-refractivity contribution in [1.29, 1.82) is 0 Å².